The highest BCUT2D eigenvalue weighted by Crippen LogP contribution is 2.40. The zero-order valence-corrected chi connectivity index (χ0v) is 18.1. The van der Waals surface area contributed by atoms with E-state index in [1.807, 2.05) is 6.07 Å². The molecule has 0 spiro atoms. The second-order valence-electron chi connectivity index (χ2n) is 7.62. The van der Waals surface area contributed by atoms with Crippen molar-refractivity contribution in [3.05, 3.63) is 69.1 Å². The molecule has 3 rings (SSSR count). The van der Waals surface area contributed by atoms with Crippen LogP contribution in [0, 0.1) is 11.8 Å². The first-order valence-corrected chi connectivity index (χ1v) is 11.1. The lowest BCUT2D eigenvalue weighted by atomic mass is 9.89. The van der Waals surface area contributed by atoms with Crippen molar-refractivity contribution >= 4 is 35.0 Å². The highest BCUT2D eigenvalue weighted by molar-refractivity contribution is 7.13. The van der Waals surface area contributed by atoms with Crippen molar-refractivity contribution in [1.29, 1.82) is 0 Å². The first kappa shape index (κ1) is 23.6. The quantitative estimate of drug-likeness (QED) is 0.371. The molecule has 1 aliphatic rings. The number of thiophene rings is 1. The van der Waals surface area contributed by atoms with Gasteiger partial charge in [-0.25, -0.2) is 4.79 Å². The first-order chi connectivity index (χ1) is 14.6. The molecule has 1 heterocycles. The molecule has 1 saturated carbocycles. The van der Waals surface area contributed by atoms with E-state index >= 15 is 0 Å². The van der Waals surface area contributed by atoms with Crippen LogP contribution in [0.3, 0.4) is 0 Å². The van der Waals surface area contributed by atoms with Gasteiger partial charge in [0.2, 0.25) is 0 Å². The molecular weight excluding hydrogens is 449 g/mol. The topological polar surface area (TPSA) is 57.5 Å². The van der Waals surface area contributed by atoms with Gasteiger partial charge in [0.1, 0.15) is 4.88 Å². The van der Waals surface area contributed by atoms with Gasteiger partial charge in [-0.05, 0) is 73.6 Å². The van der Waals surface area contributed by atoms with Crippen molar-refractivity contribution in [2.75, 3.05) is 0 Å². The molecule has 0 aliphatic heterocycles. The lowest BCUT2D eigenvalue weighted by Crippen LogP contribution is -2.18. The summed E-state index contributed by atoms with van der Waals surface area (Å²) in [5.74, 6) is -1.16. The number of aromatic carboxylic acids is 1. The Bertz CT molecular complexity index is 978. The molecule has 166 valence electrons. The van der Waals surface area contributed by atoms with Crippen LogP contribution in [-0.2, 0) is 12.6 Å². The monoisotopic (exact) mass is 470 g/mol. The number of carboxylic acids is 1. The van der Waals surface area contributed by atoms with Gasteiger partial charge in [-0.1, -0.05) is 12.1 Å². The summed E-state index contributed by atoms with van der Waals surface area (Å²) >= 11 is 7.70. The lowest BCUT2D eigenvalue weighted by molar-refractivity contribution is -0.137. The molecular formula is C23H22ClF3O3S. The molecule has 0 unspecified atom stereocenters. The number of hydrogen-bond acceptors (Lipinski definition) is 3. The van der Waals surface area contributed by atoms with Crippen molar-refractivity contribution < 1.29 is 28.2 Å². The average Bonchev–Trinajstić information content (AvgIpc) is 3.27. The number of carboxylic acid groups (broad SMARTS) is 1. The highest BCUT2D eigenvalue weighted by Gasteiger charge is 2.39. The average molecular weight is 471 g/mol. The Morgan fingerprint density at radius 2 is 2.06 bits per heavy atom. The lowest BCUT2D eigenvalue weighted by Gasteiger charge is -2.19. The predicted octanol–water partition coefficient (Wildman–Crippen LogP) is 6.26. The summed E-state index contributed by atoms with van der Waals surface area (Å²) in [4.78, 5) is 12.3. The second-order valence-corrected chi connectivity index (χ2v) is 9.35. The molecule has 0 amide bonds. The third kappa shape index (κ3) is 6.23. The van der Waals surface area contributed by atoms with E-state index in [0.717, 1.165) is 36.3 Å². The van der Waals surface area contributed by atoms with Crippen LogP contribution in [-0.4, -0.2) is 27.7 Å². The normalized spacial score (nSPS) is 23.4. The van der Waals surface area contributed by atoms with E-state index in [2.05, 4.69) is 5.73 Å². The third-order valence-electron chi connectivity index (χ3n) is 5.46. The molecule has 0 saturated heterocycles. The van der Waals surface area contributed by atoms with E-state index in [-0.39, 0.29) is 17.2 Å². The van der Waals surface area contributed by atoms with Gasteiger partial charge in [0.25, 0.3) is 0 Å². The minimum absolute atomic E-state index is 0.0120. The largest absolute Gasteiger partial charge is 0.477 e. The molecule has 1 aliphatic carbocycles. The van der Waals surface area contributed by atoms with Crippen LogP contribution in [0.15, 0.2) is 48.2 Å². The number of halogens is 4. The van der Waals surface area contributed by atoms with Gasteiger partial charge in [0.05, 0.1) is 11.7 Å². The number of aliphatic hydroxyl groups excluding tert-OH is 1. The van der Waals surface area contributed by atoms with Crippen LogP contribution >= 0.6 is 22.9 Å². The zero-order chi connectivity index (χ0) is 22.6. The van der Waals surface area contributed by atoms with Gasteiger partial charge in [-0.2, -0.15) is 13.2 Å². The highest BCUT2D eigenvalue weighted by atomic mass is 35.5. The van der Waals surface area contributed by atoms with Crippen LogP contribution in [0.4, 0.5) is 13.2 Å². The summed E-state index contributed by atoms with van der Waals surface area (Å²) < 4.78 is 38.5. The summed E-state index contributed by atoms with van der Waals surface area (Å²) in [6.45, 7) is 0. The minimum Gasteiger partial charge on any atom is -0.477 e. The van der Waals surface area contributed by atoms with Gasteiger partial charge in [0.15, 0.2) is 0 Å². The maximum absolute atomic E-state index is 12.8. The number of rotatable bonds is 7. The van der Waals surface area contributed by atoms with Gasteiger partial charge in [-0.3, -0.25) is 0 Å². The van der Waals surface area contributed by atoms with Crippen molar-refractivity contribution in [3.8, 4) is 0 Å². The molecule has 1 fully saturated rings. The molecule has 31 heavy (non-hydrogen) atoms. The van der Waals surface area contributed by atoms with E-state index in [4.69, 9.17) is 16.7 Å². The Kier molecular flexibility index (Phi) is 7.65. The third-order valence-corrected chi connectivity index (χ3v) is 7.09. The summed E-state index contributed by atoms with van der Waals surface area (Å²) in [5, 5.41) is 19.2. The van der Waals surface area contributed by atoms with Crippen molar-refractivity contribution in [3.63, 3.8) is 0 Å². The summed E-state index contributed by atoms with van der Waals surface area (Å²) in [6.07, 6.45) is 0.853. The summed E-state index contributed by atoms with van der Waals surface area (Å²) in [6, 6.07) is 8.39. The molecule has 0 radical (unpaired) electrons. The van der Waals surface area contributed by atoms with Crippen LogP contribution in [0.5, 0.6) is 0 Å². The molecule has 2 aromatic rings. The number of alkyl halides is 4. The Morgan fingerprint density at radius 3 is 2.74 bits per heavy atom. The van der Waals surface area contributed by atoms with Crippen molar-refractivity contribution in [2.45, 2.75) is 43.3 Å². The van der Waals surface area contributed by atoms with Crippen molar-refractivity contribution in [1.82, 2.24) is 0 Å². The molecule has 0 bridgehead atoms. The number of aliphatic hydroxyl groups is 1. The van der Waals surface area contributed by atoms with E-state index in [9.17, 15) is 23.1 Å². The summed E-state index contributed by atoms with van der Waals surface area (Å²) in [5.41, 5.74) is 2.59. The van der Waals surface area contributed by atoms with Crippen LogP contribution in [0.1, 0.15) is 44.9 Å². The maximum atomic E-state index is 12.8. The standard InChI is InChI=1S/C23H22ClF3O3S/c24-19-13-20(28)18(9-2-5-14-4-1-6-15(12-14)23(25,26)27)17(19)8-3-7-16-10-11-21(31-16)22(29)30/h1,4-6,9-12,17-20,28H,3,7-8,13H2,(H,29,30)/t2?,17-,18+,19+,20-/m1/s1. The van der Waals surface area contributed by atoms with E-state index in [1.165, 1.54) is 23.5 Å². The van der Waals surface area contributed by atoms with E-state index in [0.29, 0.717) is 16.9 Å². The zero-order valence-electron chi connectivity index (χ0n) is 16.5. The van der Waals surface area contributed by atoms with E-state index < -0.39 is 23.8 Å². The van der Waals surface area contributed by atoms with Crippen LogP contribution < -0.4 is 0 Å². The fourth-order valence-electron chi connectivity index (χ4n) is 3.90. The number of benzene rings is 1. The molecule has 1 aromatic heterocycles. The van der Waals surface area contributed by atoms with Gasteiger partial charge >= 0.3 is 12.1 Å². The molecule has 8 heteroatoms. The van der Waals surface area contributed by atoms with Gasteiger partial charge in [0, 0.05) is 16.2 Å². The van der Waals surface area contributed by atoms with Crippen LogP contribution in [0.2, 0.25) is 0 Å². The second kappa shape index (κ2) is 10.0. The molecule has 1 aromatic carbocycles. The van der Waals surface area contributed by atoms with Gasteiger partial charge < -0.3 is 10.2 Å². The number of aryl methyl sites for hydroxylation is 1. The Hall–Kier alpha value is -2.05. The fourth-order valence-corrected chi connectivity index (χ4v) is 5.26. The maximum Gasteiger partial charge on any atom is 0.416 e. The molecule has 4 atom stereocenters. The summed E-state index contributed by atoms with van der Waals surface area (Å²) in [7, 11) is 0. The Balaban J connectivity index is 1.64. The Labute approximate surface area is 187 Å². The molecule has 2 N–H and O–H groups in total. The number of carbonyl (C=O) groups is 1. The fraction of sp³-hybridized carbons (Fsp3) is 0.391. The minimum atomic E-state index is -4.40. The van der Waals surface area contributed by atoms with E-state index in [1.54, 1.807) is 18.2 Å². The first-order valence-electron chi connectivity index (χ1n) is 9.89. The SMILES string of the molecule is O=C(O)c1ccc(CCC[C@@H]2[C@H](C=C=Cc3cccc(C(F)(F)F)c3)[C@H](O)C[C@@H]2Cl)s1. The Morgan fingerprint density at radius 1 is 1.29 bits per heavy atom. The predicted molar refractivity (Wildman–Crippen MR) is 115 cm³/mol. The smallest absolute Gasteiger partial charge is 0.416 e. The number of hydrogen-bond donors (Lipinski definition) is 2. The molecule has 3 nitrogen and oxygen atoms in total. The van der Waals surface area contributed by atoms with Crippen molar-refractivity contribution in [2.24, 2.45) is 11.8 Å². The van der Waals surface area contributed by atoms with Gasteiger partial charge in [-0.15, -0.1) is 28.7 Å². The van der Waals surface area contributed by atoms with Crippen LogP contribution in [0.25, 0.3) is 6.08 Å².